The molecule has 0 bridgehead atoms. The minimum absolute atomic E-state index is 0.135. The molecular weight excluding hydrogens is 228 g/mol. The standard InChI is InChI=1S/C14H22O2Si/c1-13(15)16-17(2,3)12-8-7-11-14-9-5-4-6-10-14/h4-6,9-10H,7-8,11-12H2,1-3H3. The van der Waals surface area contributed by atoms with Crippen LogP contribution in [0.15, 0.2) is 30.3 Å². The Morgan fingerprint density at radius 2 is 1.82 bits per heavy atom. The van der Waals surface area contributed by atoms with Crippen molar-refractivity contribution in [3.8, 4) is 0 Å². The normalized spacial score (nSPS) is 11.2. The van der Waals surface area contributed by atoms with Crippen LogP contribution in [0.1, 0.15) is 25.3 Å². The van der Waals surface area contributed by atoms with Crippen LogP contribution >= 0.6 is 0 Å². The highest BCUT2D eigenvalue weighted by atomic mass is 28.4. The van der Waals surface area contributed by atoms with Gasteiger partial charge in [-0.25, -0.2) is 0 Å². The van der Waals surface area contributed by atoms with E-state index in [-0.39, 0.29) is 5.97 Å². The van der Waals surface area contributed by atoms with Crippen molar-refractivity contribution in [1.29, 1.82) is 0 Å². The van der Waals surface area contributed by atoms with E-state index < -0.39 is 8.32 Å². The summed E-state index contributed by atoms with van der Waals surface area (Å²) in [6.45, 7) is 5.71. The third kappa shape index (κ3) is 6.27. The first-order chi connectivity index (χ1) is 7.99. The summed E-state index contributed by atoms with van der Waals surface area (Å²) in [6.07, 6.45) is 3.43. The largest absolute Gasteiger partial charge is 0.520 e. The average Bonchev–Trinajstić information content (AvgIpc) is 2.24. The van der Waals surface area contributed by atoms with Gasteiger partial charge in [0.1, 0.15) is 0 Å². The lowest BCUT2D eigenvalue weighted by Gasteiger charge is -2.21. The molecule has 0 saturated carbocycles. The molecule has 3 heteroatoms. The average molecular weight is 250 g/mol. The van der Waals surface area contributed by atoms with Crippen LogP contribution < -0.4 is 0 Å². The second-order valence-corrected chi connectivity index (χ2v) is 9.27. The van der Waals surface area contributed by atoms with Crippen molar-refractivity contribution in [2.24, 2.45) is 0 Å². The van der Waals surface area contributed by atoms with Gasteiger partial charge in [-0.2, -0.15) is 0 Å². The van der Waals surface area contributed by atoms with Crippen LogP contribution in [0.25, 0.3) is 0 Å². The number of benzene rings is 1. The Kier molecular flexibility index (Phi) is 5.42. The maximum atomic E-state index is 10.9. The number of hydrogen-bond acceptors (Lipinski definition) is 2. The number of aryl methyl sites for hydroxylation is 1. The van der Waals surface area contributed by atoms with Crippen LogP contribution in [0.5, 0.6) is 0 Å². The zero-order chi connectivity index (χ0) is 12.7. The Morgan fingerprint density at radius 3 is 2.41 bits per heavy atom. The predicted octanol–water partition coefficient (Wildman–Crippen LogP) is 3.78. The summed E-state index contributed by atoms with van der Waals surface area (Å²) in [5.41, 5.74) is 1.39. The van der Waals surface area contributed by atoms with Gasteiger partial charge in [-0.15, -0.1) is 0 Å². The van der Waals surface area contributed by atoms with Crippen LogP contribution in [0.2, 0.25) is 19.1 Å². The van der Waals surface area contributed by atoms with Crippen LogP contribution in [0, 0.1) is 0 Å². The van der Waals surface area contributed by atoms with Gasteiger partial charge in [-0.05, 0) is 37.5 Å². The van der Waals surface area contributed by atoms with Crippen molar-refractivity contribution in [3.63, 3.8) is 0 Å². The minimum atomic E-state index is -1.75. The Balaban J connectivity index is 2.22. The highest BCUT2D eigenvalue weighted by Gasteiger charge is 2.24. The summed E-state index contributed by atoms with van der Waals surface area (Å²) in [5, 5.41) is 0. The molecular formula is C14H22O2Si. The zero-order valence-electron chi connectivity index (χ0n) is 11.0. The van der Waals surface area contributed by atoms with Gasteiger partial charge in [0.15, 0.2) is 0 Å². The highest BCUT2D eigenvalue weighted by Crippen LogP contribution is 2.16. The summed E-state index contributed by atoms with van der Waals surface area (Å²) < 4.78 is 5.39. The van der Waals surface area contributed by atoms with Gasteiger partial charge in [0, 0.05) is 6.92 Å². The third-order valence-corrected chi connectivity index (χ3v) is 5.15. The quantitative estimate of drug-likeness (QED) is 0.567. The Hall–Kier alpha value is -1.09. The lowest BCUT2D eigenvalue weighted by Crippen LogP contribution is -2.32. The number of rotatable bonds is 6. The van der Waals surface area contributed by atoms with E-state index in [4.69, 9.17) is 4.43 Å². The zero-order valence-corrected chi connectivity index (χ0v) is 12.0. The summed E-state index contributed by atoms with van der Waals surface area (Å²) in [4.78, 5) is 10.9. The van der Waals surface area contributed by atoms with E-state index in [0.29, 0.717) is 0 Å². The molecule has 0 aliphatic carbocycles. The molecule has 0 unspecified atom stereocenters. The number of carbonyl (C=O) groups is 1. The first kappa shape index (κ1) is 14.0. The van der Waals surface area contributed by atoms with Gasteiger partial charge in [0.25, 0.3) is 5.97 Å². The topological polar surface area (TPSA) is 26.3 Å². The first-order valence-corrected chi connectivity index (χ1v) is 9.35. The molecule has 1 rings (SSSR count). The summed E-state index contributed by atoms with van der Waals surface area (Å²) >= 11 is 0. The minimum Gasteiger partial charge on any atom is -0.520 e. The van der Waals surface area contributed by atoms with E-state index in [2.05, 4.69) is 37.4 Å². The predicted molar refractivity (Wildman–Crippen MR) is 73.4 cm³/mol. The molecule has 0 amide bonds. The van der Waals surface area contributed by atoms with Crippen LogP contribution in [0.3, 0.4) is 0 Å². The SMILES string of the molecule is CC(=O)O[Si](C)(C)CCCCc1ccccc1. The molecule has 1 aromatic rings. The Morgan fingerprint density at radius 1 is 1.18 bits per heavy atom. The van der Waals surface area contributed by atoms with Crippen LogP contribution in [0.4, 0.5) is 0 Å². The van der Waals surface area contributed by atoms with Crippen molar-refractivity contribution >= 4 is 14.3 Å². The second kappa shape index (κ2) is 6.60. The van der Waals surface area contributed by atoms with Gasteiger partial charge >= 0.3 is 0 Å². The molecule has 0 spiro atoms. The van der Waals surface area contributed by atoms with Crippen LogP contribution in [-0.4, -0.2) is 14.3 Å². The molecule has 0 N–H and O–H groups in total. The van der Waals surface area contributed by atoms with E-state index in [9.17, 15) is 4.79 Å². The third-order valence-electron chi connectivity index (χ3n) is 2.76. The summed E-state index contributed by atoms with van der Waals surface area (Å²) in [6, 6.07) is 11.6. The smallest absolute Gasteiger partial charge is 0.289 e. The maximum absolute atomic E-state index is 10.9. The highest BCUT2D eigenvalue weighted by molar-refractivity contribution is 6.72. The van der Waals surface area contributed by atoms with Crippen molar-refractivity contribution in [2.45, 2.75) is 45.3 Å². The molecule has 0 aromatic heterocycles. The molecule has 0 aliphatic heterocycles. The molecule has 94 valence electrons. The lowest BCUT2D eigenvalue weighted by atomic mass is 10.1. The lowest BCUT2D eigenvalue weighted by molar-refractivity contribution is -0.132. The van der Waals surface area contributed by atoms with E-state index in [1.54, 1.807) is 0 Å². The van der Waals surface area contributed by atoms with Gasteiger partial charge in [-0.3, -0.25) is 4.79 Å². The van der Waals surface area contributed by atoms with Crippen molar-refractivity contribution in [3.05, 3.63) is 35.9 Å². The molecule has 0 saturated heterocycles. The number of hydrogen-bond donors (Lipinski definition) is 0. The molecule has 17 heavy (non-hydrogen) atoms. The Bertz CT molecular complexity index is 346. The van der Waals surface area contributed by atoms with Gasteiger partial charge < -0.3 is 4.43 Å². The van der Waals surface area contributed by atoms with E-state index in [0.717, 1.165) is 18.9 Å². The van der Waals surface area contributed by atoms with Gasteiger partial charge in [0.05, 0.1) is 0 Å². The van der Waals surface area contributed by atoms with Gasteiger partial charge in [-0.1, -0.05) is 36.8 Å². The fraction of sp³-hybridized carbons (Fsp3) is 0.500. The molecule has 0 radical (unpaired) electrons. The molecule has 0 aliphatic rings. The summed E-state index contributed by atoms with van der Waals surface area (Å²) in [7, 11) is -1.75. The molecule has 2 nitrogen and oxygen atoms in total. The maximum Gasteiger partial charge on any atom is 0.289 e. The van der Waals surface area contributed by atoms with Crippen molar-refractivity contribution in [2.75, 3.05) is 0 Å². The van der Waals surface area contributed by atoms with Crippen molar-refractivity contribution < 1.29 is 9.22 Å². The molecule has 0 heterocycles. The number of carbonyl (C=O) groups excluding carboxylic acids is 1. The fourth-order valence-corrected chi connectivity index (χ4v) is 3.95. The van der Waals surface area contributed by atoms with E-state index in [1.807, 2.05) is 6.07 Å². The monoisotopic (exact) mass is 250 g/mol. The van der Waals surface area contributed by atoms with Crippen LogP contribution in [-0.2, 0) is 15.6 Å². The first-order valence-electron chi connectivity index (χ1n) is 6.23. The number of unbranched alkanes of at least 4 members (excludes halogenated alkanes) is 1. The fourth-order valence-electron chi connectivity index (χ4n) is 1.96. The Labute approximate surface area is 105 Å². The second-order valence-electron chi connectivity index (χ2n) is 5.05. The molecule has 0 fully saturated rings. The van der Waals surface area contributed by atoms with E-state index >= 15 is 0 Å². The van der Waals surface area contributed by atoms with Gasteiger partial charge in [0.2, 0.25) is 8.32 Å². The van der Waals surface area contributed by atoms with E-state index in [1.165, 1.54) is 18.9 Å². The molecule has 0 atom stereocenters. The summed E-state index contributed by atoms with van der Waals surface area (Å²) in [5.74, 6) is -0.135. The molecule has 1 aromatic carbocycles. The van der Waals surface area contributed by atoms with Crippen molar-refractivity contribution in [1.82, 2.24) is 0 Å².